The highest BCUT2D eigenvalue weighted by atomic mass is 16.5. The molecule has 3 aromatic rings. The molecule has 9 heteroatoms. The van der Waals surface area contributed by atoms with Crippen molar-refractivity contribution in [3.63, 3.8) is 0 Å². The van der Waals surface area contributed by atoms with E-state index in [9.17, 15) is 14.4 Å². The van der Waals surface area contributed by atoms with Crippen LogP contribution in [0.1, 0.15) is 28.5 Å². The third-order valence-electron chi connectivity index (χ3n) is 4.03. The SMILES string of the molecule is COc1ccc([C@H](CC(=O)O)NC(=O)c2cc(=O)n(-c3ccccc3)[nH]2)cn1. The monoisotopic (exact) mass is 382 g/mol. The van der Waals surface area contributed by atoms with Gasteiger partial charge in [-0.3, -0.25) is 19.5 Å². The number of aliphatic carboxylic acids is 1. The molecule has 1 amide bonds. The van der Waals surface area contributed by atoms with Crippen molar-refractivity contribution in [2.24, 2.45) is 0 Å². The summed E-state index contributed by atoms with van der Waals surface area (Å²) in [6, 6.07) is 12.3. The van der Waals surface area contributed by atoms with Gasteiger partial charge in [-0.15, -0.1) is 0 Å². The summed E-state index contributed by atoms with van der Waals surface area (Å²) >= 11 is 0. The van der Waals surface area contributed by atoms with Gasteiger partial charge in [0.1, 0.15) is 5.69 Å². The lowest BCUT2D eigenvalue weighted by Gasteiger charge is -2.17. The summed E-state index contributed by atoms with van der Waals surface area (Å²) in [5, 5.41) is 14.5. The minimum Gasteiger partial charge on any atom is -0.481 e. The number of aromatic nitrogens is 3. The fourth-order valence-electron chi connectivity index (χ4n) is 2.66. The molecule has 0 aliphatic rings. The largest absolute Gasteiger partial charge is 0.481 e. The number of carbonyl (C=O) groups excluding carboxylic acids is 1. The summed E-state index contributed by atoms with van der Waals surface area (Å²) in [7, 11) is 1.46. The number of hydrogen-bond donors (Lipinski definition) is 3. The molecule has 0 aliphatic heterocycles. The van der Waals surface area contributed by atoms with Gasteiger partial charge in [0, 0.05) is 18.3 Å². The van der Waals surface area contributed by atoms with E-state index in [1.807, 2.05) is 6.07 Å². The van der Waals surface area contributed by atoms with Gasteiger partial charge >= 0.3 is 5.97 Å². The van der Waals surface area contributed by atoms with Crippen LogP contribution in [0.2, 0.25) is 0 Å². The molecule has 0 aliphatic carbocycles. The van der Waals surface area contributed by atoms with Crippen LogP contribution in [0.15, 0.2) is 59.5 Å². The third-order valence-corrected chi connectivity index (χ3v) is 4.03. The number of ether oxygens (including phenoxy) is 1. The minimum absolute atomic E-state index is 0.0192. The summed E-state index contributed by atoms with van der Waals surface area (Å²) in [5.41, 5.74) is 0.692. The number of amides is 1. The lowest BCUT2D eigenvalue weighted by atomic mass is 10.1. The topological polar surface area (TPSA) is 126 Å². The molecule has 0 bridgehead atoms. The number of aromatic amines is 1. The van der Waals surface area contributed by atoms with Crippen LogP contribution >= 0.6 is 0 Å². The Kier molecular flexibility index (Phi) is 5.54. The Morgan fingerprint density at radius 3 is 2.61 bits per heavy atom. The maximum atomic E-state index is 12.6. The first-order valence-corrected chi connectivity index (χ1v) is 8.38. The zero-order valence-electron chi connectivity index (χ0n) is 15.0. The first-order chi connectivity index (χ1) is 13.5. The molecule has 0 saturated heterocycles. The molecule has 1 atom stereocenters. The van der Waals surface area contributed by atoms with Gasteiger partial charge in [0.25, 0.3) is 11.5 Å². The maximum absolute atomic E-state index is 12.6. The number of rotatable bonds is 7. The van der Waals surface area contributed by atoms with Crippen LogP contribution < -0.4 is 15.6 Å². The number of methoxy groups -OCH3 is 1. The molecule has 0 radical (unpaired) electrons. The molecule has 28 heavy (non-hydrogen) atoms. The second-order valence-electron chi connectivity index (χ2n) is 5.94. The number of carboxylic acids is 1. The predicted octanol–water partition coefficient (Wildman–Crippen LogP) is 1.51. The second-order valence-corrected chi connectivity index (χ2v) is 5.94. The van der Waals surface area contributed by atoms with Gasteiger partial charge in [-0.1, -0.05) is 24.3 Å². The van der Waals surface area contributed by atoms with Crippen molar-refractivity contribution in [1.29, 1.82) is 0 Å². The van der Waals surface area contributed by atoms with E-state index >= 15 is 0 Å². The van der Waals surface area contributed by atoms with Gasteiger partial charge in [-0.2, -0.15) is 0 Å². The Hall–Kier alpha value is -3.88. The second kappa shape index (κ2) is 8.21. The van der Waals surface area contributed by atoms with Crippen LogP contribution in [-0.4, -0.2) is 38.9 Å². The normalized spacial score (nSPS) is 11.6. The van der Waals surface area contributed by atoms with Crippen LogP contribution in [0.25, 0.3) is 5.69 Å². The Morgan fingerprint density at radius 2 is 2.00 bits per heavy atom. The number of pyridine rings is 1. The molecule has 3 N–H and O–H groups in total. The van der Waals surface area contributed by atoms with Gasteiger partial charge in [0.15, 0.2) is 0 Å². The fraction of sp³-hybridized carbons (Fsp3) is 0.158. The van der Waals surface area contributed by atoms with E-state index in [1.165, 1.54) is 18.0 Å². The number of benzene rings is 1. The lowest BCUT2D eigenvalue weighted by molar-refractivity contribution is -0.137. The van der Waals surface area contributed by atoms with Crippen molar-refractivity contribution in [1.82, 2.24) is 20.1 Å². The summed E-state index contributed by atoms with van der Waals surface area (Å²) < 4.78 is 6.21. The molecule has 1 aromatic carbocycles. The van der Waals surface area contributed by atoms with Crippen molar-refractivity contribution < 1.29 is 19.4 Å². The summed E-state index contributed by atoms with van der Waals surface area (Å²) in [4.78, 5) is 40.0. The van der Waals surface area contributed by atoms with Crippen LogP contribution in [0, 0.1) is 0 Å². The number of nitrogens with zero attached hydrogens (tertiary/aromatic N) is 2. The van der Waals surface area contributed by atoms with Crippen molar-refractivity contribution in [3.05, 3.63) is 76.3 Å². The van der Waals surface area contributed by atoms with Crippen LogP contribution in [-0.2, 0) is 4.79 Å². The molecule has 0 spiro atoms. The predicted molar refractivity (Wildman–Crippen MR) is 99.6 cm³/mol. The average molecular weight is 382 g/mol. The Balaban J connectivity index is 1.84. The molecule has 2 aromatic heterocycles. The van der Waals surface area contributed by atoms with E-state index in [0.29, 0.717) is 17.1 Å². The molecule has 9 nitrogen and oxygen atoms in total. The fourth-order valence-corrected chi connectivity index (χ4v) is 2.66. The minimum atomic E-state index is -1.09. The molecule has 3 rings (SSSR count). The van der Waals surface area contributed by atoms with Gasteiger partial charge < -0.3 is 15.2 Å². The van der Waals surface area contributed by atoms with E-state index in [4.69, 9.17) is 9.84 Å². The van der Waals surface area contributed by atoms with Crippen LogP contribution in [0.5, 0.6) is 5.88 Å². The van der Waals surface area contributed by atoms with Gasteiger partial charge in [0.05, 0.1) is 25.3 Å². The highest BCUT2D eigenvalue weighted by Gasteiger charge is 2.21. The molecule has 2 heterocycles. The highest BCUT2D eigenvalue weighted by molar-refractivity contribution is 5.92. The molecule has 0 fully saturated rings. The number of H-pyrrole nitrogens is 1. The van der Waals surface area contributed by atoms with Crippen molar-refractivity contribution in [2.45, 2.75) is 12.5 Å². The maximum Gasteiger partial charge on any atom is 0.305 e. The first kappa shape index (κ1) is 18.9. The average Bonchev–Trinajstić information content (AvgIpc) is 3.10. The lowest BCUT2D eigenvalue weighted by Crippen LogP contribution is -2.30. The first-order valence-electron chi connectivity index (χ1n) is 8.38. The number of hydrogen-bond acceptors (Lipinski definition) is 5. The Bertz CT molecular complexity index is 1020. The van der Waals surface area contributed by atoms with Crippen LogP contribution in [0.3, 0.4) is 0 Å². The van der Waals surface area contributed by atoms with Gasteiger partial charge in [-0.25, -0.2) is 9.67 Å². The summed E-state index contributed by atoms with van der Waals surface area (Å²) in [6.07, 6.45) is 1.09. The Labute approximate surface area is 159 Å². The quantitative estimate of drug-likeness (QED) is 0.569. The molecular formula is C19H18N4O5. The van der Waals surface area contributed by atoms with E-state index in [-0.39, 0.29) is 12.1 Å². The number of carboxylic acid groups (broad SMARTS) is 1. The zero-order chi connectivity index (χ0) is 20.1. The number of carbonyl (C=O) groups is 2. The molecule has 144 valence electrons. The highest BCUT2D eigenvalue weighted by Crippen LogP contribution is 2.19. The third kappa shape index (κ3) is 4.26. The Morgan fingerprint density at radius 1 is 1.25 bits per heavy atom. The van der Waals surface area contributed by atoms with E-state index < -0.39 is 23.5 Å². The molecular weight excluding hydrogens is 364 g/mol. The number of nitrogens with one attached hydrogen (secondary N) is 2. The van der Waals surface area contributed by atoms with Gasteiger partial charge in [-0.05, 0) is 17.7 Å². The van der Waals surface area contributed by atoms with E-state index in [0.717, 1.165) is 6.07 Å². The molecule has 0 saturated carbocycles. The van der Waals surface area contributed by atoms with E-state index in [2.05, 4.69) is 15.4 Å². The van der Waals surface area contributed by atoms with Gasteiger partial charge in [0.2, 0.25) is 5.88 Å². The summed E-state index contributed by atoms with van der Waals surface area (Å²) in [6.45, 7) is 0. The van der Waals surface area contributed by atoms with Crippen molar-refractivity contribution >= 4 is 11.9 Å². The van der Waals surface area contributed by atoms with Crippen molar-refractivity contribution in [2.75, 3.05) is 7.11 Å². The molecule has 0 unspecified atom stereocenters. The number of para-hydroxylation sites is 1. The standard InChI is InChI=1S/C19H18N4O5/c1-28-16-8-7-12(11-20-16)14(10-18(25)26)21-19(27)15-9-17(24)23(22-15)13-5-3-2-4-6-13/h2-9,11,14,22H,10H2,1H3,(H,21,27)(H,25,26)/t14-/m0/s1. The smallest absolute Gasteiger partial charge is 0.305 e. The summed E-state index contributed by atoms with van der Waals surface area (Å²) in [5.74, 6) is -1.32. The van der Waals surface area contributed by atoms with Crippen LogP contribution in [0.4, 0.5) is 0 Å². The van der Waals surface area contributed by atoms with E-state index in [1.54, 1.807) is 36.4 Å². The zero-order valence-corrected chi connectivity index (χ0v) is 15.0. The van der Waals surface area contributed by atoms with Crippen molar-refractivity contribution in [3.8, 4) is 11.6 Å².